The molecule has 4 aliphatic rings. The maximum Gasteiger partial charge on any atom is 0.0863 e. The van der Waals surface area contributed by atoms with E-state index in [0.717, 1.165) is 25.7 Å². The van der Waals surface area contributed by atoms with Crippen molar-refractivity contribution in [1.82, 2.24) is 0 Å². The molecule has 0 saturated heterocycles. The largest absolute Gasteiger partial charge is 0.396 e. The minimum Gasteiger partial charge on any atom is -0.396 e. The number of aliphatic hydroxyl groups excluding tert-OH is 6. The zero-order valence-corrected chi connectivity index (χ0v) is 22.9. The Hall–Kier alpha value is -0.280. The lowest BCUT2D eigenvalue weighted by Crippen LogP contribution is -2.71. The van der Waals surface area contributed by atoms with Gasteiger partial charge in [0.15, 0.2) is 0 Å². The van der Waals surface area contributed by atoms with Crippen molar-refractivity contribution in [3.8, 4) is 0 Å². The van der Waals surface area contributed by atoms with E-state index in [0.29, 0.717) is 31.1 Å². The molecule has 210 valence electrons. The van der Waals surface area contributed by atoms with Gasteiger partial charge in [-0.05, 0) is 78.9 Å². The lowest BCUT2D eigenvalue weighted by atomic mass is 9.41. The molecule has 4 aliphatic carbocycles. The summed E-state index contributed by atoms with van der Waals surface area (Å²) >= 11 is 0. The zero-order valence-electron chi connectivity index (χ0n) is 22.9. The molecule has 4 fully saturated rings. The van der Waals surface area contributed by atoms with Gasteiger partial charge in [-0.15, -0.1) is 0 Å². The van der Waals surface area contributed by atoms with Crippen molar-refractivity contribution in [3.63, 3.8) is 0 Å². The zero-order chi connectivity index (χ0) is 26.8. The Morgan fingerprint density at radius 3 is 2.03 bits per heavy atom. The normalized spacial score (nSPS) is 52.4. The minimum absolute atomic E-state index is 0.0404. The van der Waals surface area contributed by atoms with Crippen LogP contribution in [0, 0.1) is 52.3 Å². The maximum atomic E-state index is 12.4. The summed E-state index contributed by atoms with van der Waals surface area (Å²) in [5, 5.41) is 77.1. The molecule has 0 aromatic carbocycles. The Balaban J connectivity index is 1.62. The molecule has 0 bridgehead atoms. The van der Waals surface area contributed by atoms with Crippen molar-refractivity contribution in [2.24, 2.45) is 52.3 Å². The van der Waals surface area contributed by atoms with Gasteiger partial charge >= 0.3 is 0 Å². The van der Waals surface area contributed by atoms with Gasteiger partial charge in [0.25, 0.3) is 0 Å². The molecule has 0 spiro atoms. The summed E-state index contributed by atoms with van der Waals surface area (Å²) in [7, 11) is 0. The van der Waals surface area contributed by atoms with Gasteiger partial charge in [0, 0.05) is 24.9 Å². The smallest absolute Gasteiger partial charge is 0.0863 e. The van der Waals surface area contributed by atoms with Crippen molar-refractivity contribution >= 4 is 0 Å². The van der Waals surface area contributed by atoms with Gasteiger partial charge < -0.3 is 35.7 Å². The van der Waals surface area contributed by atoms with Gasteiger partial charge in [-0.1, -0.05) is 41.0 Å². The molecule has 7 heteroatoms. The van der Waals surface area contributed by atoms with Crippen molar-refractivity contribution in [2.75, 3.05) is 6.61 Å². The third-order valence-electron chi connectivity index (χ3n) is 11.9. The van der Waals surface area contributed by atoms with Gasteiger partial charge in [0.05, 0.1) is 36.1 Å². The first kappa shape index (κ1) is 28.7. The summed E-state index contributed by atoms with van der Waals surface area (Å²) in [5.41, 5.74) is -2.40. The molecular formula is C29H52O7. The van der Waals surface area contributed by atoms with Crippen molar-refractivity contribution < 1.29 is 35.7 Å². The highest BCUT2D eigenvalue weighted by Gasteiger charge is 2.73. The lowest BCUT2D eigenvalue weighted by Gasteiger charge is -2.66. The second-order valence-electron chi connectivity index (χ2n) is 14.0. The fourth-order valence-corrected chi connectivity index (χ4v) is 10.3. The Bertz CT molecular complexity index is 777. The third kappa shape index (κ3) is 4.20. The first-order chi connectivity index (χ1) is 16.7. The van der Waals surface area contributed by atoms with Gasteiger partial charge in [-0.3, -0.25) is 0 Å². The molecule has 4 saturated carbocycles. The van der Waals surface area contributed by atoms with E-state index in [4.69, 9.17) is 0 Å². The van der Waals surface area contributed by atoms with Crippen LogP contribution in [0.15, 0.2) is 0 Å². The topological polar surface area (TPSA) is 142 Å². The molecule has 0 aromatic rings. The van der Waals surface area contributed by atoms with Gasteiger partial charge in [0.2, 0.25) is 0 Å². The third-order valence-corrected chi connectivity index (χ3v) is 11.9. The Morgan fingerprint density at radius 1 is 0.778 bits per heavy atom. The van der Waals surface area contributed by atoms with E-state index < -0.39 is 58.8 Å². The van der Waals surface area contributed by atoms with Crippen LogP contribution in [0.3, 0.4) is 0 Å². The van der Waals surface area contributed by atoms with Crippen molar-refractivity contribution in [3.05, 3.63) is 0 Å². The van der Waals surface area contributed by atoms with E-state index >= 15 is 0 Å². The molecule has 36 heavy (non-hydrogen) atoms. The molecule has 4 rings (SSSR count). The first-order valence-corrected chi connectivity index (χ1v) is 14.5. The van der Waals surface area contributed by atoms with Crippen LogP contribution in [-0.2, 0) is 0 Å². The molecule has 0 aromatic heterocycles. The van der Waals surface area contributed by atoms with E-state index in [-0.39, 0.29) is 30.8 Å². The van der Waals surface area contributed by atoms with E-state index in [1.807, 2.05) is 6.92 Å². The highest BCUT2D eigenvalue weighted by Crippen LogP contribution is 2.69. The molecule has 7 nitrogen and oxygen atoms in total. The standard InChI is InChI=1S/C29H52O7/c1-15(2)17(10-13-30)7-6-16(3)21-24(34)25(35)26-28(21,5)12-9-20-27(4)11-8-18(31)23(33)22(27)19(32)14-29(20,26)36/h15-26,30-36H,6-14H2,1-5H3/t16?,17?,18-,19?,20?,21?,22?,23-,24+,25+,26?,27+,28+,29-/m0/s1. The Labute approximate surface area is 216 Å². The van der Waals surface area contributed by atoms with Crippen molar-refractivity contribution in [1.29, 1.82) is 0 Å². The second kappa shape index (κ2) is 10.0. The number of hydrogen-bond acceptors (Lipinski definition) is 7. The average molecular weight is 513 g/mol. The molecule has 0 amide bonds. The maximum absolute atomic E-state index is 12.4. The summed E-state index contributed by atoms with van der Waals surface area (Å²) in [6.07, 6.45) is 0.192. The van der Waals surface area contributed by atoms with Gasteiger partial charge in [0.1, 0.15) is 0 Å². The quantitative estimate of drug-likeness (QED) is 0.277. The van der Waals surface area contributed by atoms with Gasteiger partial charge in [-0.25, -0.2) is 0 Å². The van der Waals surface area contributed by atoms with Crippen LogP contribution < -0.4 is 0 Å². The molecule has 0 heterocycles. The lowest BCUT2D eigenvalue weighted by molar-refractivity contribution is -0.280. The molecule has 7 N–H and O–H groups in total. The highest BCUT2D eigenvalue weighted by atomic mass is 16.3. The fraction of sp³-hybridized carbons (Fsp3) is 1.00. The SMILES string of the molecule is CC(C)C(CCO)CCC(C)C1[C@@H](O)[C@@H](O)C2[C@]1(C)CCC1[C@@]3(C)CC[C@H](O)[C@H](O)C3C(O)C[C@]12O. The van der Waals surface area contributed by atoms with Crippen LogP contribution >= 0.6 is 0 Å². The van der Waals surface area contributed by atoms with Crippen LogP contribution in [-0.4, -0.2) is 78.5 Å². The number of rotatable bonds is 7. The molecule has 0 radical (unpaired) electrons. The molecule has 7 unspecified atom stereocenters. The fourth-order valence-electron chi connectivity index (χ4n) is 10.3. The van der Waals surface area contributed by atoms with Crippen LogP contribution in [0.1, 0.15) is 86.0 Å². The number of fused-ring (bicyclic) bond motifs is 5. The summed E-state index contributed by atoms with van der Waals surface area (Å²) in [5.74, 6) is -0.495. The van der Waals surface area contributed by atoms with Crippen LogP contribution in [0.2, 0.25) is 0 Å². The molecule has 14 atom stereocenters. The first-order valence-electron chi connectivity index (χ1n) is 14.5. The van der Waals surface area contributed by atoms with Gasteiger partial charge in [-0.2, -0.15) is 0 Å². The average Bonchev–Trinajstić information content (AvgIpc) is 2.99. The van der Waals surface area contributed by atoms with Crippen molar-refractivity contribution in [2.45, 2.75) is 122 Å². The highest BCUT2D eigenvalue weighted by molar-refractivity contribution is 5.22. The van der Waals surface area contributed by atoms with E-state index in [2.05, 4.69) is 27.7 Å². The second-order valence-corrected chi connectivity index (χ2v) is 14.0. The molecular weight excluding hydrogens is 460 g/mol. The predicted molar refractivity (Wildman–Crippen MR) is 137 cm³/mol. The van der Waals surface area contributed by atoms with Crippen LogP contribution in [0.25, 0.3) is 0 Å². The predicted octanol–water partition coefficient (Wildman–Crippen LogP) is 2.08. The molecule has 0 aliphatic heterocycles. The summed E-state index contributed by atoms with van der Waals surface area (Å²) in [4.78, 5) is 0. The number of hydrogen-bond donors (Lipinski definition) is 7. The Morgan fingerprint density at radius 2 is 1.42 bits per heavy atom. The minimum atomic E-state index is -1.36. The van der Waals surface area contributed by atoms with E-state index in [1.54, 1.807) is 0 Å². The van der Waals surface area contributed by atoms with E-state index in [1.165, 1.54) is 0 Å². The summed E-state index contributed by atoms with van der Waals surface area (Å²) in [6, 6.07) is 0. The number of aliphatic hydroxyl groups is 7. The van der Waals surface area contributed by atoms with E-state index in [9.17, 15) is 35.7 Å². The monoisotopic (exact) mass is 512 g/mol. The summed E-state index contributed by atoms with van der Waals surface area (Å²) in [6.45, 7) is 10.8. The summed E-state index contributed by atoms with van der Waals surface area (Å²) < 4.78 is 0. The van der Waals surface area contributed by atoms with Crippen LogP contribution in [0.4, 0.5) is 0 Å². The Kier molecular flexibility index (Phi) is 8.01. The van der Waals surface area contributed by atoms with Crippen LogP contribution in [0.5, 0.6) is 0 Å².